The van der Waals surface area contributed by atoms with Crippen LogP contribution in [0, 0.1) is 5.92 Å². The third kappa shape index (κ3) is 2.07. The second-order valence-electron chi connectivity index (χ2n) is 6.04. The second kappa shape index (κ2) is 4.58. The van der Waals surface area contributed by atoms with E-state index in [1.54, 1.807) is 24.9 Å². The van der Waals surface area contributed by atoms with E-state index >= 15 is 0 Å². The fourth-order valence-electron chi connectivity index (χ4n) is 2.92. The van der Waals surface area contributed by atoms with Crippen LogP contribution < -0.4 is 5.32 Å². The number of nitrogens with zero attached hydrogens (tertiary/aromatic N) is 2. The van der Waals surface area contributed by atoms with Crippen molar-refractivity contribution >= 4 is 11.8 Å². The van der Waals surface area contributed by atoms with E-state index in [4.69, 9.17) is 0 Å². The van der Waals surface area contributed by atoms with Gasteiger partial charge in [-0.1, -0.05) is 6.07 Å². The van der Waals surface area contributed by atoms with Gasteiger partial charge in [-0.2, -0.15) is 0 Å². The normalized spacial score (nSPS) is 27.9. The standard InChI is InChI=1S/C15H19N3O2/c1-15(2)14(20)17-6-7-18(15)13(19)12-8-11(12)10-4-3-5-16-9-10/h3-5,9,11-12H,6-8H2,1-2H3,(H,17,20). The molecule has 5 nitrogen and oxygen atoms in total. The molecule has 0 aromatic carbocycles. The molecule has 1 aromatic heterocycles. The minimum absolute atomic E-state index is 0.00405. The number of hydrogen-bond acceptors (Lipinski definition) is 3. The summed E-state index contributed by atoms with van der Waals surface area (Å²) in [5.74, 6) is 0.288. The lowest BCUT2D eigenvalue weighted by Gasteiger charge is -2.41. The van der Waals surface area contributed by atoms with Crippen LogP contribution >= 0.6 is 0 Å². The number of aromatic nitrogens is 1. The summed E-state index contributed by atoms with van der Waals surface area (Å²) in [6.45, 7) is 4.74. The summed E-state index contributed by atoms with van der Waals surface area (Å²) in [6, 6.07) is 3.91. The number of amides is 2. The van der Waals surface area contributed by atoms with Crippen LogP contribution in [-0.4, -0.2) is 40.3 Å². The Morgan fingerprint density at radius 2 is 2.30 bits per heavy atom. The van der Waals surface area contributed by atoms with Crippen molar-refractivity contribution in [1.82, 2.24) is 15.2 Å². The van der Waals surface area contributed by atoms with Gasteiger partial charge in [0.05, 0.1) is 0 Å². The molecule has 1 aromatic rings. The van der Waals surface area contributed by atoms with Gasteiger partial charge in [0, 0.05) is 31.4 Å². The summed E-state index contributed by atoms with van der Waals surface area (Å²) in [6.07, 6.45) is 4.42. The molecule has 1 aliphatic heterocycles. The van der Waals surface area contributed by atoms with E-state index in [1.807, 2.05) is 18.3 Å². The van der Waals surface area contributed by atoms with Crippen molar-refractivity contribution in [3.05, 3.63) is 30.1 Å². The Morgan fingerprint density at radius 1 is 1.50 bits per heavy atom. The predicted octanol–water partition coefficient (Wildman–Crippen LogP) is 0.922. The van der Waals surface area contributed by atoms with E-state index in [9.17, 15) is 9.59 Å². The van der Waals surface area contributed by atoms with Crippen molar-refractivity contribution in [3.63, 3.8) is 0 Å². The minimum Gasteiger partial charge on any atom is -0.352 e. The van der Waals surface area contributed by atoms with E-state index in [0.717, 1.165) is 12.0 Å². The molecule has 2 fully saturated rings. The lowest BCUT2D eigenvalue weighted by atomic mass is 9.97. The summed E-state index contributed by atoms with van der Waals surface area (Å²) in [7, 11) is 0. The molecule has 0 radical (unpaired) electrons. The van der Waals surface area contributed by atoms with Crippen LogP contribution in [0.3, 0.4) is 0 Å². The summed E-state index contributed by atoms with van der Waals surface area (Å²) < 4.78 is 0. The molecule has 106 valence electrons. The van der Waals surface area contributed by atoms with Crippen LogP contribution in [-0.2, 0) is 9.59 Å². The van der Waals surface area contributed by atoms with Crippen molar-refractivity contribution in [1.29, 1.82) is 0 Å². The number of carbonyl (C=O) groups is 2. The van der Waals surface area contributed by atoms with Gasteiger partial charge in [0.25, 0.3) is 0 Å². The van der Waals surface area contributed by atoms with E-state index < -0.39 is 5.54 Å². The van der Waals surface area contributed by atoms with E-state index in [0.29, 0.717) is 13.1 Å². The van der Waals surface area contributed by atoms with Gasteiger partial charge in [-0.05, 0) is 37.8 Å². The molecule has 1 aliphatic carbocycles. The van der Waals surface area contributed by atoms with Crippen LogP contribution in [0.25, 0.3) is 0 Å². The maximum atomic E-state index is 12.6. The van der Waals surface area contributed by atoms with Crippen molar-refractivity contribution in [2.24, 2.45) is 5.92 Å². The molecule has 0 spiro atoms. The van der Waals surface area contributed by atoms with Crippen molar-refractivity contribution < 1.29 is 9.59 Å². The highest BCUT2D eigenvalue weighted by atomic mass is 16.2. The lowest BCUT2D eigenvalue weighted by Crippen LogP contribution is -2.63. The Balaban J connectivity index is 1.73. The van der Waals surface area contributed by atoms with Gasteiger partial charge in [-0.15, -0.1) is 0 Å². The van der Waals surface area contributed by atoms with Gasteiger partial charge < -0.3 is 10.2 Å². The lowest BCUT2D eigenvalue weighted by molar-refractivity contribution is -0.150. The third-order valence-electron chi connectivity index (χ3n) is 4.34. The largest absolute Gasteiger partial charge is 0.352 e. The fraction of sp³-hybridized carbons (Fsp3) is 0.533. The van der Waals surface area contributed by atoms with Crippen LogP contribution in [0.4, 0.5) is 0 Å². The summed E-state index contributed by atoms with van der Waals surface area (Å²) in [5, 5.41) is 2.82. The Hall–Kier alpha value is -1.91. The zero-order valence-corrected chi connectivity index (χ0v) is 11.8. The molecule has 0 bridgehead atoms. The molecule has 1 N–H and O–H groups in total. The zero-order chi connectivity index (χ0) is 14.3. The van der Waals surface area contributed by atoms with Gasteiger partial charge >= 0.3 is 0 Å². The number of pyridine rings is 1. The number of piperazine rings is 1. The summed E-state index contributed by atoms with van der Waals surface area (Å²) in [4.78, 5) is 30.4. The maximum Gasteiger partial charge on any atom is 0.245 e. The second-order valence-corrected chi connectivity index (χ2v) is 6.04. The van der Waals surface area contributed by atoms with Gasteiger partial charge in [0.1, 0.15) is 5.54 Å². The van der Waals surface area contributed by atoms with Crippen LogP contribution in [0.2, 0.25) is 0 Å². The molecule has 2 heterocycles. The van der Waals surface area contributed by atoms with Crippen LogP contribution in [0.15, 0.2) is 24.5 Å². The topological polar surface area (TPSA) is 62.3 Å². The molecule has 20 heavy (non-hydrogen) atoms. The average Bonchev–Trinajstić information content (AvgIpc) is 3.22. The fourth-order valence-corrected chi connectivity index (χ4v) is 2.92. The Bertz CT molecular complexity index is 541. The highest BCUT2D eigenvalue weighted by molar-refractivity contribution is 5.93. The van der Waals surface area contributed by atoms with Crippen molar-refractivity contribution in [2.45, 2.75) is 31.7 Å². The number of rotatable bonds is 2. The molecule has 2 unspecified atom stereocenters. The highest BCUT2D eigenvalue weighted by Crippen LogP contribution is 2.48. The molecule has 5 heteroatoms. The van der Waals surface area contributed by atoms with E-state index in [-0.39, 0.29) is 23.7 Å². The van der Waals surface area contributed by atoms with Crippen molar-refractivity contribution in [3.8, 4) is 0 Å². The molecular formula is C15H19N3O2. The van der Waals surface area contributed by atoms with E-state index in [2.05, 4.69) is 10.3 Å². The van der Waals surface area contributed by atoms with Crippen LogP contribution in [0.1, 0.15) is 31.7 Å². The Morgan fingerprint density at radius 3 is 3.00 bits per heavy atom. The molecule has 1 saturated carbocycles. The Labute approximate surface area is 118 Å². The van der Waals surface area contributed by atoms with Crippen LogP contribution in [0.5, 0.6) is 0 Å². The summed E-state index contributed by atoms with van der Waals surface area (Å²) in [5.41, 5.74) is 0.363. The summed E-state index contributed by atoms with van der Waals surface area (Å²) >= 11 is 0. The molecule has 1 saturated heterocycles. The monoisotopic (exact) mass is 273 g/mol. The quantitative estimate of drug-likeness (QED) is 0.871. The molecule has 2 aliphatic rings. The van der Waals surface area contributed by atoms with Gasteiger partial charge in [-0.3, -0.25) is 14.6 Å². The maximum absolute atomic E-state index is 12.6. The zero-order valence-electron chi connectivity index (χ0n) is 11.8. The molecule has 2 atom stereocenters. The van der Waals surface area contributed by atoms with Gasteiger partial charge in [0.15, 0.2) is 0 Å². The molecule has 3 rings (SSSR count). The Kier molecular flexibility index (Phi) is 3.00. The first-order valence-electron chi connectivity index (χ1n) is 7.01. The van der Waals surface area contributed by atoms with Crippen molar-refractivity contribution in [2.75, 3.05) is 13.1 Å². The van der Waals surface area contributed by atoms with Gasteiger partial charge in [0.2, 0.25) is 11.8 Å². The first-order chi connectivity index (χ1) is 9.51. The molecular weight excluding hydrogens is 254 g/mol. The van der Waals surface area contributed by atoms with Gasteiger partial charge in [-0.25, -0.2) is 0 Å². The number of carbonyl (C=O) groups excluding carboxylic acids is 2. The average molecular weight is 273 g/mol. The molecule has 2 amide bonds. The third-order valence-corrected chi connectivity index (χ3v) is 4.34. The minimum atomic E-state index is -0.753. The van der Waals surface area contributed by atoms with E-state index in [1.165, 1.54) is 0 Å². The SMILES string of the molecule is CC1(C)C(=O)NCCN1C(=O)C1CC1c1cccnc1. The highest BCUT2D eigenvalue weighted by Gasteiger charge is 2.50. The predicted molar refractivity (Wildman–Crippen MR) is 73.9 cm³/mol. The number of hydrogen-bond donors (Lipinski definition) is 1. The first kappa shape index (κ1) is 13.1. The first-order valence-corrected chi connectivity index (χ1v) is 7.01. The smallest absolute Gasteiger partial charge is 0.245 e. The number of nitrogens with one attached hydrogen (secondary N) is 1.